The maximum Gasteiger partial charge on any atom is 0.242 e. The highest BCUT2D eigenvalue weighted by molar-refractivity contribution is 5.41. The zero-order valence-electron chi connectivity index (χ0n) is 4.79. The van der Waals surface area contributed by atoms with Crippen LogP contribution in [-0.4, -0.2) is 12.2 Å². The molecule has 0 amide bonds. The van der Waals surface area contributed by atoms with Crippen molar-refractivity contribution in [3.8, 4) is 0 Å². The monoisotopic (exact) mass is 124 g/mol. The summed E-state index contributed by atoms with van der Waals surface area (Å²) in [4.78, 5) is 25.2. The minimum Gasteiger partial charge on any atom is -0.211 e. The van der Waals surface area contributed by atoms with Gasteiger partial charge in [-0.3, -0.25) is 0 Å². The van der Waals surface area contributed by atoms with E-state index in [2.05, 4.69) is 9.98 Å². The summed E-state index contributed by atoms with van der Waals surface area (Å²) in [6.07, 6.45) is 3.87. The summed E-state index contributed by atoms with van der Waals surface area (Å²) in [5, 5.41) is 0. The molecule has 0 spiro atoms. The highest BCUT2D eigenvalue weighted by Crippen LogP contribution is 1.92. The first kappa shape index (κ1) is 7.50. The quantitative estimate of drug-likeness (QED) is 0.398. The van der Waals surface area contributed by atoms with E-state index in [0.29, 0.717) is 0 Å². The molecule has 0 atom stereocenters. The molecular weight excluding hydrogens is 120 g/mol. The Morgan fingerprint density at radius 2 is 1.78 bits per heavy atom. The van der Waals surface area contributed by atoms with Crippen LogP contribution in [0.1, 0.15) is 6.92 Å². The molecule has 4 nitrogen and oxygen atoms in total. The number of hydrogen-bond acceptors (Lipinski definition) is 4. The summed E-state index contributed by atoms with van der Waals surface area (Å²) in [5.41, 5.74) is 0. The van der Waals surface area contributed by atoms with Crippen LogP contribution in [0.2, 0.25) is 0 Å². The van der Waals surface area contributed by atoms with Crippen molar-refractivity contribution >= 4 is 12.2 Å². The number of nitrogens with zero attached hydrogens (tertiary/aromatic N) is 2. The van der Waals surface area contributed by atoms with Crippen LogP contribution >= 0.6 is 0 Å². The largest absolute Gasteiger partial charge is 0.242 e. The molecule has 0 fully saturated rings. The van der Waals surface area contributed by atoms with Gasteiger partial charge in [0.25, 0.3) is 0 Å². The second-order valence-corrected chi connectivity index (χ2v) is 1.05. The van der Waals surface area contributed by atoms with Gasteiger partial charge >= 0.3 is 0 Å². The highest BCUT2D eigenvalue weighted by atomic mass is 16.1. The first-order valence-corrected chi connectivity index (χ1v) is 2.17. The van der Waals surface area contributed by atoms with E-state index in [4.69, 9.17) is 0 Å². The molecule has 0 saturated carbocycles. The van der Waals surface area contributed by atoms with Crippen LogP contribution in [0.4, 0.5) is 0 Å². The molecule has 9 heavy (non-hydrogen) atoms. The molecule has 0 heterocycles. The standard InChI is InChI=1S/C5H4N2O2/c1-2-5(6-3-8)7-4-9/h2H,1H3. The third kappa shape index (κ3) is 3.12. The van der Waals surface area contributed by atoms with Crippen molar-refractivity contribution in [1.82, 2.24) is 0 Å². The SMILES string of the molecule is CC=C(N=C=O)N=C=O. The first-order chi connectivity index (χ1) is 4.35. The van der Waals surface area contributed by atoms with Crippen molar-refractivity contribution in [2.24, 2.45) is 9.98 Å². The van der Waals surface area contributed by atoms with Gasteiger partial charge in [0.15, 0.2) is 5.82 Å². The molecule has 0 aliphatic heterocycles. The summed E-state index contributed by atoms with van der Waals surface area (Å²) in [6, 6.07) is 0. The number of allylic oxidation sites excluding steroid dienone is 1. The highest BCUT2D eigenvalue weighted by Gasteiger charge is 1.82. The van der Waals surface area contributed by atoms with Crippen LogP contribution in [0.15, 0.2) is 21.9 Å². The molecule has 0 radical (unpaired) electrons. The van der Waals surface area contributed by atoms with Crippen molar-refractivity contribution in [3.63, 3.8) is 0 Å². The van der Waals surface area contributed by atoms with Gasteiger partial charge in [-0.25, -0.2) is 9.59 Å². The second-order valence-electron chi connectivity index (χ2n) is 1.05. The topological polar surface area (TPSA) is 58.9 Å². The Kier molecular flexibility index (Phi) is 3.88. The van der Waals surface area contributed by atoms with Crippen molar-refractivity contribution in [2.75, 3.05) is 0 Å². The van der Waals surface area contributed by atoms with Crippen molar-refractivity contribution in [2.45, 2.75) is 6.92 Å². The molecular formula is C5H4N2O2. The number of isocyanates is 2. The van der Waals surface area contributed by atoms with Gasteiger partial charge in [0.05, 0.1) is 0 Å². The fourth-order valence-electron chi connectivity index (χ4n) is 0.248. The van der Waals surface area contributed by atoms with Gasteiger partial charge in [0.2, 0.25) is 12.2 Å². The summed E-state index contributed by atoms with van der Waals surface area (Å²) < 4.78 is 0. The number of hydrogen-bond donors (Lipinski definition) is 0. The van der Waals surface area contributed by atoms with E-state index in [1.807, 2.05) is 0 Å². The van der Waals surface area contributed by atoms with E-state index < -0.39 is 0 Å². The molecule has 0 aromatic rings. The number of carbonyl (C=O) groups excluding carboxylic acids is 2. The van der Waals surface area contributed by atoms with Gasteiger partial charge in [0, 0.05) is 0 Å². The fraction of sp³-hybridized carbons (Fsp3) is 0.200. The van der Waals surface area contributed by atoms with Crippen LogP contribution in [0.25, 0.3) is 0 Å². The Morgan fingerprint density at radius 1 is 1.33 bits per heavy atom. The first-order valence-electron chi connectivity index (χ1n) is 2.17. The van der Waals surface area contributed by atoms with Crippen molar-refractivity contribution < 1.29 is 9.59 Å². The Bertz CT molecular complexity index is 187. The maximum absolute atomic E-state index is 9.53. The molecule has 46 valence electrons. The molecule has 0 N–H and O–H groups in total. The smallest absolute Gasteiger partial charge is 0.211 e. The third-order valence-corrected chi connectivity index (χ3v) is 0.579. The van der Waals surface area contributed by atoms with E-state index in [1.165, 1.54) is 18.2 Å². The van der Waals surface area contributed by atoms with Crippen LogP contribution < -0.4 is 0 Å². The van der Waals surface area contributed by atoms with Crippen LogP contribution in [0.5, 0.6) is 0 Å². The third-order valence-electron chi connectivity index (χ3n) is 0.579. The average molecular weight is 124 g/mol. The Labute approximate surface area is 51.6 Å². The molecule has 0 aliphatic carbocycles. The van der Waals surface area contributed by atoms with E-state index in [-0.39, 0.29) is 5.82 Å². The molecule has 4 heteroatoms. The predicted molar refractivity (Wildman–Crippen MR) is 30.0 cm³/mol. The minimum absolute atomic E-state index is 0.0278. The summed E-state index contributed by atoms with van der Waals surface area (Å²) in [6.45, 7) is 1.59. The lowest BCUT2D eigenvalue weighted by atomic mass is 10.6. The molecule has 0 rings (SSSR count). The molecule has 0 aromatic carbocycles. The lowest BCUT2D eigenvalue weighted by molar-refractivity contribution is 0.563. The lowest BCUT2D eigenvalue weighted by Crippen LogP contribution is -1.67. The van der Waals surface area contributed by atoms with Gasteiger partial charge in [-0.2, -0.15) is 0 Å². The normalized spacial score (nSPS) is 6.33. The lowest BCUT2D eigenvalue weighted by Gasteiger charge is -1.77. The van der Waals surface area contributed by atoms with Gasteiger partial charge < -0.3 is 0 Å². The van der Waals surface area contributed by atoms with E-state index in [1.54, 1.807) is 6.92 Å². The number of aliphatic imine (C=N–C) groups is 2. The molecule has 0 unspecified atom stereocenters. The number of rotatable bonds is 2. The van der Waals surface area contributed by atoms with Crippen molar-refractivity contribution in [3.05, 3.63) is 11.9 Å². The second kappa shape index (κ2) is 4.65. The van der Waals surface area contributed by atoms with E-state index in [0.717, 1.165) is 0 Å². The maximum atomic E-state index is 9.53. The average Bonchev–Trinajstić information content (AvgIpc) is 1.88. The zero-order chi connectivity index (χ0) is 7.11. The molecule has 0 aromatic heterocycles. The van der Waals surface area contributed by atoms with Gasteiger partial charge in [-0.1, -0.05) is 0 Å². The fourth-order valence-corrected chi connectivity index (χ4v) is 0.248. The van der Waals surface area contributed by atoms with Crippen LogP contribution in [0, 0.1) is 0 Å². The molecule has 0 bridgehead atoms. The minimum atomic E-state index is 0.0278. The predicted octanol–water partition coefficient (Wildman–Crippen LogP) is 0.519. The van der Waals surface area contributed by atoms with E-state index >= 15 is 0 Å². The van der Waals surface area contributed by atoms with Crippen LogP contribution in [-0.2, 0) is 9.59 Å². The zero-order valence-corrected chi connectivity index (χ0v) is 4.79. The summed E-state index contributed by atoms with van der Waals surface area (Å²) >= 11 is 0. The molecule has 0 saturated heterocycles. The van der Waals surface area contributed by atoms with Gasteiger partial charge in [-0.05, 0) is 13.0 Å². The van der Waals surface area contributed by atoms with Gasteiger partial charge in [-0.15, -0.1) is 9.98 Å². The molecule has 0 aliphatic rings. The van der Waals surface area contributed by atoms with Gasteiger partial charge in [0.1, 0.15) is 0 Å². The summed E-state index contributed by atoms with van der Waals surface area (Å²) in [7, 11) is 0. The summed E-state index contributed by atoms with van der Waals surface area (Å²) in [5.74, 6) is 0.0278. The Balaban J connectivity index is 4.36. The van der Waals surface area contributed by atoms with Crippen molar-refractivity contribution in [1.29, 1.82) is 0 Å². The Morgan fingerprint density at radius 3 is 2.00 bits per heavy atom. The van der Waals surface area contributed by atoms with Crippen LogP contribution in [0.3, 0.4) is 0 Å². The van der Waals surface area contributed by atoms with E-state index in [9.17, 15) is 9.59 Å². The Hall–Kier alpha value is -1.50.